The smallest absolute Gasteiger partial charge is 0.315 e. The number of nitrogens with zero attached hydrogens (tertiary/aromatic N) is 1. The molecular formula is C16H18FN3O. The van der Waals surface area contributed by atoms with Crippen molar-refractivity contribution in [1.29, 1.82) is 0 Å². The number of amides is 2. The Morgan fingerprint density at radius 1 is 1.29 bits per heavy atom. The molecule has 110 valence electrons. The van der Waals surface area contributed by atoms with Gasteiger partial charge < -0.3 is 10.6 Å². The molecule has 2 amide bonds. The predicted molar refractivity (Wildman–Crippen MR) is 79.2 cm³/mol. The predicted octanol–water partition coefficient (Wildman–Crippen LogP) is 3.09. The maximum atomic E-state index is 13.4. The third-order valence-corrected chi connectivity index (χ3v) is 3.24. The van der Waals surface area contributed by atoms with E-state index in [0.717, 1.165) is 11.1 Å². The van der Waals surface area contributed by atoms with Crippen LogP contribution in [0.5, 0.6) is 0 Å². The van der Waals surface area contributed by atoms with Crippen molar-refractivity contribution < 1.29 is 9.18 Å². The summed E-state index contributed by atoms with van der Waals surface area (Å²) in [5.74, 6) is -0.264. The number of aryl methyl sites for hydroxylation is 1. The summed E-state index contributed by atoms with van der Waals surface area (Å²) in [5, 5.41) is 5.53. The maximum Gasteiger partial charge on any atom is 0.315 e. The molecule has 0 aliphatic rings. The summed E-state index contributed by atoms with van der Waals surface area (Å²) in [6, 6.07) is 8.21. The molecule has 5 heteroatoms. The van der Waals surface area contributed by atoms with Gasteiger partial charge in [-0.1, -0.05) is 12.1 Å². The Hall–Kier alpha value is -2.43. The number of hydrogen-bond donors (Lipinski definition) is 2. The van der Waals surface area contributed by atoms with Gasteiger partial charge in [0.15, 0.2) is 0 Å². The van der Waals surface area contributed by atoms with Crippen LogP contribution in [0.25, 0.3) is 0 Å². The lowest BCUT2D eigenvalue weighted by Crippen LogP contribution is -2.36. The highest BCUT2D eigenvalue weighted by Crippen LogP contribution is 2.10. The van der Waals surface area contributed by atoms with E-state index in [1.54, 1.807) is 31.5 Å². The fraction of sp³-hybridized carbons (Fsp3) is 0.250. The summed E-state index contributed by atoms with van der Waals surface area (Å²) >= 11 is 0. The van der Waals surface area contributed by atoms with Crippen LogP contribution < -0.4 is 10.6 Å². The van der Waals surface area contributed by atoms with Crippen LogP contribution in [0.4, 0.5) is 9.18 Å². The van der Waals surface area contributed by atoms with Crippen LogP contribution in [-0.4, -0.2) is 11.0 Å². The minimum Gasteiger partial charge on any atom is -0.334 e. The Labute approximate surface area is 123 Å². The van der Waals surface area contributed by atoms with Gasteiger partial charge in [-0.2, -0.15) is 0 Å². The summed E-state index contributed by atoms with van der Waals surface area (Å²) in [5.41, 5.74) is 2.29. The average Bonchev–Trinajstić information content (AvgIpc) is 2.49. The third kappa shape index (κ3) is 4.27. The second-order valence-corrected chi connectivity index (χ2v) is 4.91. The van der Waals surface area contributed by atoms with Gasteiger partial charge in [-0.15, -0.1) is 0 Å². The standard InChI is InChI=1S/C16H18FN3O/c1-11-3-4-13(9-15(11)17)10-19-16(21)20-12(2)14-5-7-18-8-6-14/h3-9,12H,10H2,1-2H3,(H2,19,20,21)/t12-/m1/s1. The van der Waals surface area contributed by atoms with E-state index in [4.69, 9.17) is 0 Å². The number of carbonyl (C=O) groups is 1. The van der Waals surface area contributed by atoms with E-state index in [2.05, 4.69) is 15.6 Å². The van der Waals surface area contributed by atoms with Gasteiger partial charge >= 0.3 is 6.03 Å². The van der Waals surface area contributed by atoms with Crippen molar-refractivity contribution in [2.75, 3.05) is 0 Å². The SMILES string of the molecule is Cc1ccc(CNC(=O)N[C@H](C)c2ccncc2)cc1F. The fourth-order valence-corrected chi connectivity index (χ4v) is 1.91. The van der Waals surface area contributed by atoms with E-state index in [9.17, 15) is 9.18 Å². The zero-order valence-electron chi connectivity index (χ0n) is 12.1. The van der Waals surface area contributed by atoms with E-state index < -0.39 is 0 Å². The van der Waals surface area contributed by atoms with E-state index in [1.165, 1.54) is 6.07 Å². The molecule has 0 fully saturated rings. The lowest BCUT2D eigenvalue weighted by molar-refractivity contribution is 0.237. The molecule has 2 N–H and O–H groups in total. The fourth-order valence-electron chi connectivity index (χ4n) is 1.91. The van der Waals surface area contributed by atoms with E-state index in [-0.39, 0.29) is 24.4 Å². The van der Waals surface area contributed by atoms with Crippen LogP contribution in [0.2, 0.25) is 0 Å². The Balaban J connectivity index is 1.86. The number of halogens is 1. The van der Waals surface area contributed by atoms with E-state index >= 15 is 0 Å². The molecule has 0 bridgehead atoms. The average molecular weight is 287 g/mol. The van der Waals surface area contributed by atoms with Crippen LogP contribution in [0.3, 0.4) is 0 Å². The first-order valence-corrected chi connectivity index (χ1v) is 6.75. The van der Waals surface area contributed by atoms with Crippen molar-refractivity contribution in [2.24, 2.45) is 0 Å². The molecule has 0 saturated carbocycles. The second-order valence-electron chi connectivity index (χ2n) is 4.91. The van der Waals surface area contributed by atoms with Crippen LogP contribution in [0.1, 0.15) is 29.7 Å². The second kappa shape index (κ2) is 6.83. The number of benzene rings is 1. The number of carbonyl (C=O) groups excluding carboxylic acids is 1. The molecule has 0 radical (unpaired) electrons. The van der Waals surface area contributed by atoms with E-state index in [1.807, 2.05) is 19.1 Å². The van der Waals surface area contributed by atoms with Gasteiger partial charge in [-0.25, -0.2) is 9.18 Å². The molecule has 1 aromatic heterocycles. The zero-order chi connectivity index (χ0) is 15.2. The summed E-state index contributed by atoms with van der Waals surface area (Å²) in [6.07, 6.45) is 3.36. The molecule has 0 unspecified atom stereocenters. The number of nitrogens with one attached hydrogen (secondary N) is 2. The zero-order valence-corrected chi connectivity index (χ0v) is 12.1. The summed E-state index contributed by atoms with van der Waals surface area (Å²) in [6.45, 7) is 3.88. The largest absolute Gasteiger partial charge is 0.334 e. The Morgan fingerprint density at radius 2 is 2.00 bits per heavy atom. The monoisotopic (exact) mass is 287 g/mol. The molecule has 2 aromatic rings. The quantitative estimate of drug-likeness (QED) is 0.908. The van der Waals surface area contributed by atoms with Gasteiger partial charge in [0.2, 0.25) is 0 Å². The summed E-state index contributed by atoms with van der Waals surface area (Å²) in [7, 11) is 0. The molecule has 1 atom stereocenters. The molecule has 0 saturated heterocycles. The number of aromatic nitrogens is 1. The molecule has 1 aromatic carbocycles. The minimum absolute atomic E-state index is 0.122. The van der Waals surface area contributed by atoms with Crippen molar-refractivity contribution in [3.05, 3.63) is 65.2 Å². The van der Waals surface area contributed by atoms with Gasteiger partial charge in [-0.05, 0) is 48.7 Å². The maximum absolute atomic E-state index is 13.4. The van der Waals surface area contributed by atoms with Crippen molar-refractivity contribution in [3.63, 3.8) is 0 Å². The molecule has 2 rings (SSSR count). The van der Waals surface area contributed by atoms with Gasteiger partial charge in [0.05, 0.1) is 6.04 Å². The molecule has 0 aliphatic heterocycles. The van der Waals surface area contributed by atoms with Gasteiger partial charge in [-0.3, -0.25) is 4.98 Å². The first-order valence-electron chi connectivity index (χ1n) is 6.75. The van der Waals surface area contributed by atoms with Crippen LogP contribution >= 0.6 is 0 Å². The number of rotatable bonds is 4. The molecule has 0 aliphatic carbocycles. The van der Waals surface area contributed by atoms with Gasteiger partial charge in [0.1, 0.15) is 5.82 Å². The van der Waals surface area contributed by atoms with Crippen molar-refractivity contribution in [2.45, 2.75) is 26.4 Å². The first-order chi connectivity index (χ1) is 10.1. The Bertz CT molecular complexity index is 616. The first kappa shape index (κ1) is 15.0. The molecule has 4 nitrogen and oxygen atoms in total. The topological polar surface area (TPSA) is 54.0 Å². The highest BCUT2D eigenvalue weighted by atomic mass is 19.1. The van der Waals surface area contributed by atoms with Crippen molar-refractivity contribution >= 4 is 6.03 Å². The molecule has 21 heavy (non-hydrogen) atoms. The van der Waals surface area contributed by atoms with Crippen LogP contribution in [0.15, 0.2) is 42.7 Å². The summed E-state index contributed by atoms with van der Waals surface area (Å²) in [4.78, 5) is 15.8. The number of urea groups is 1. The van der Waals surface area contributed by atoms with Gasteiger partial charge in [0.25, 0.3) is 0 Å². The van der Waals surface area contributed by atoms with Crippen molar-refractivity contribution in [3.8, 4) is 0 Å². The number of pyridine rings is 1. The summed E-state index contributed by atoms with van der Waals surface area (Å²) < 4.78 is 13.4. The molecule has 1 heterocycles. The Morgan fingerprint density at radius 3 is 2.67 bits per heavy atom. The Kier molecular flexibility index (Phi) is 4.87. The molecule has 0 spiro atoms. The van der Waals surface area contributed by atoms with Crippen molar-refractivity contribution in [1.82, 2.24) is 15.6 Å². The van der Waals surface area contributed by atoms with Gasteiger partial charge in [0, 0.05) is 18.9 Å². The third-order valence-electron chi connectivity index (χ3n) is 3.24. The lowest BCUT2D eigenvalue weighted by atomic mass is 10.1. The lowest BCUT2D eigenvalue weighted by Gasteiger charge is -2.15. The van der Waals surface area contributed by atoms with Crippen LogP contribution in [-0.2, 0) is 6.54 Å². The normalized spacial score (nSPS) is 11.8. The van der Waals surface area contributed by atoms with E-state index in [0.29, 0.717) is 5.56 Å². The highest BCUT2D eigenvalue weighted by molar-refractivity contribution is 5.74. The highest BCUT2D eigenvalue weighted by Gasteiger charge is 2.09. The molecular weight excluding hydrogens is 269 g/mol. The minimum atomic E-state index is -0.291. The van der Waals surface area contributed by atoms with Crippen LogP contribution in [0, 0.1) is 12.7 Å². The number of hydrogen-bond acceptors (Lipinski definition) is 2.